The van der Waals surface area contributed by atoms with Crippen LogP contribution in [0.3, 0.4) is 0 Å². The standard InChI is InChI=1S/C16H19ClN2O6/c1-3-6-24-14-11(17)7-10(8-12(14)23-2)15(21)25-9-13(20)19-5-4-18-16(19)22/h7-8H,3-6,9H2,1-2H3,(H,18,22). The zero-order valence-corrected chi connectivity index (χ0v) is 14.7. The van der Waals surface area contributed by atoms with Gasteiger partial charge in [-0.05, 0) is 18.6 Å². The molecule has 1 aliphatic heterocycles. The molecule has 1 heterocycles. The van der Waals surface area contributed by atoms with Crippen molar-refractivity contribution in [2.24, 2.45) is 0 Å². The van der Waals surface area contributed by atoms with Crippen LogP contribution in [0.1, 0.15) is 23.7 Å². The summed E-state index contributed by atoms with van der Waals surface area (Å²) in [5.74, 6) is -0.718. The highest BCUT2D eigenvalue weighted by molar-refractivity contribution is 6.32. The second-order valence-electron chi connectivity index (χ2n) is 5.19. The number of halogens is 1. The highest BCUT2D eigenvalue weighted by Crippen LogP contribution is 2.36. The van der Waals surface area contributed by atoms with Crippen LogP contribution >= 0.6 is 11.6 Å². The zero-order chi connectivity index (χ0) is 18.4. The Bertz CT molecular complexity index is 679. The Morgan fingerprint density at radius 2 is 2.12 bits per heavy atom. The molecule has 0 radical (unpaired) electrons. The predicted octanol–water partition coefficient (Wildman–Crippen LogP) is 1.85. The highest BCUT2D eigenvalue weighted by Gasteiger charge is 2.27. The zero-order valence-electron chi connectivity index (χ0n) is 14.0. The summed E-state index contributed by atoms with van der Waals surface area (Å²) in [4.78, 5) is 36.4. The van der Waals surface area contributed by atoms with E-state index in [2.05, 4.69) is 5.32 Å². The Morgan fingerprint density at radius 1 is 1.36 bits per heavy atom. The Labute approximate surface area is 150 Å². The normalized spacial score (nSPS) is 13.4. The predicted molar refractivity (Wildman–Crippen MR) is 89.2 cm³/mol. The topological polar surface area (TPSA) is 94.2 Å². The molecule has 0 bridgehead atoms. The number of ether oxygens (including phenoxy) is 3. The average molecular weight is 371 g/mol. The molecule has 25 heavy (non-hydrogen) atoms. The van der Waals surface area contributed by atoms with E-state index in [1.807, 2.05) is 6.92 Å². The van der Waals surface area contributed by atoms with Gasteiger partial charge in [-0.1, -0.05) is 18.5 Å². The summed E-state index contributed by atoms with van der Waals surface area (Å²) in [6.07, 6.45) is 0.787. The third kappa shape index (κ3) is 4.54. The number of imide groups is 1. The van der Waals surface area contributed by atoms with Gasteiger partial charge in [0.05, 0.1) is 24.3 Å². The van der Waals surface area contributed by atoms with Crippen molar-refractivity contribution in [3.05, 3.63) is 22.7 Å². The minimum Gasteiger partial charge on any atom is -0.493 e. The van der Waals surface area contributed by atoms with Crippen LogP contribution in [-0.2, 0) is 9.53 Å². The number of carbonyl (C=O) groups excluding carboxylic acids is 3. The lowest BCUT2D eigenvalue weighted by atomic mass is 10.2. The number of carbonyl (C=O) groups is 3. The molecule has 3 amide bonds. The maximum atomic E-state index is 12.1. The molecule has 1 N–H and O–H groups in total. The van der Waals surface area contributed by atoms with E-state index < -0.39 is 24.5 Å². The van der Waals surface area contributed by atoms with Crippen molar-refractivity contribution in [3.63, 3.8) is 0 Å². The van der Waals surface area contributed by atoms with Crippen LogP contribution in [0.25, 0.3) is 0 Å². The quantitative estimate of drug-likeness (QED) is 0.736. The molecule has 1 aliphatic rings. The Morgan fingerprint density at radius 3 is 2.72 bits per heavy atom. The minimum atomic E-state index is -0.754. The molecule has 136 valence electrons. The molecule has 1 fully saturated rings. The number of rotatable bonds is 7. The fraction of sp³-hybridized carbons (Fsp3) is 0.438. The molecule has 0 aromatic heterocycles. The van der Waals surface area contributed by atoms with Gasteiger partial charge in [0.1, 0.15) is 0 Å². The Hall–Kier alpha value is -2.48. The highest BCUT2D eigenvalue weighted by atomic mass is 35.5. The van der Waals surface area contributed by atoms with Crippen molar-refractivity contribution in [1.82, 2.24) is 10.2 Å². The smallest absolute Gasteiger partial charge is 0.338 e. The van der Waals surface area contributed by atoms with E-state index in [0.717, 1.165) is 11.3 Å². The van der Waals surface area contributed by atoms with Gasteiger partial charge in [-0.15, -0.1) is 0 Å². The van der Waals surface area contributed by atoms with E-state index >= 15 is 0 Å². The second kappa shape index (κ2) is 8.57. The number of methoxy groups -OCH3 is 1. The molecule has 0 unspecified atom stereocenters. The van der Waals surface area contributed by atoms with Crippen LogP contribution in [0.2, 0.25) is 5.02 Å². The first-order valence-electron chi connectivity index (χ1n) is 7.73. The number of esters is 1. The molecule has 1 saturated heterocycles. The van der Waals surface area contributed by atoms with E-state index in [1.54, 1.807) is 0 Å². The Balaban J connectivity index is 2.04. The summed E-state index contributed by atoms with van der Waals surface area (Å²) in [7, 11) is 1.43. The third-order valence-corrected chi connectivity index (χ3v) is 3.68. The summed E-state index contributed by atoms with van der Waals surface area (Å²) in [6, 6.07) is 2.31. The lowest BCUT2D eigenvalue weighted by molar-refractivity contribution is -0.130. The molecule has 0 spiro atoms. The van der Waals surface area contributed by atoms with Gasteiger partial charge in [-0.3, -0.25) is 9.69 Å². The third-order valence-electron chi connectivity index (χ3n) is 3.40. The summed E-state index contributed by atoms with van der Waals surface area (Å²) >= 11 is 6.14. The molecule has 1 aromatic rings. The van der Waals surface area contributed by atoms with E-state index in [4.69, 9.17) is 25.8 Å². The van der Waals surface area contributed by atoms with Crippen LogP contribution in [0.5, 0.6) is 11.5 Å². The van der Waals surface area contributed by atoms with Gasteiger partial charge in [0, 0.05) is 13.1 Å². The summed E-state index contributed by atoms with van der Waals surface area (Å²) in [5.41, 5.74) is 0.115. The fourth-order valence-corrected chi connectivity index (χ4v) is 2.45. The Kier molecular flexibility index (Phi) is 6.46. The average Bonchev–Trinajstić information content (AvgIpc) is 3.03. The number of hydrogen-bond acceptors (Lipinski definition) is 6. The molecule has 9 heteroatoms. The monoisotopic (exact) mass is 370 g/mol. The number of urea groups is 1. The maximum absolute atomic E-state index is 12.1. The molecule has 8 nitrogen and oxygen atoms in total. The van der Waals surface area contributed by atoms with E-state index in [1.165, 1.54) is 19.2 Å². The van der Waals surface area contributed by atoms with Gasteiger partial charge >= 0.3 is 12.0 Å². The molecule has 0 aliphatic carbocycles. The maximum Gasteiger partial charge on any atom is 0.338 e. The molecule has 2 rings (SSSR count). The van der Waals surface area contributed by atoms with E-state index in [9.17, 15) is 14.4 Å². The van der Waals surface area contributed by atoms with Gasteiger partial charge < -0.3 is 19.5 Å². The van der Waals surface area contributed by atoms with Crippen molar-refractivity contribution in [2.75, 3.05) is 33.4 Å². The van der Waals surface area contributed by atoms with Crippen LogP contribution in [0, 0.1) is 0 Å². The molecule has 0 atom stereocenters. The number of nitrogens with one attached hydrogen (secondary N) is 1. The van der Waals surface area contributed by atoms with Crippen LogP contribution in [0.4, 0.5) is 4.79 Å². The van der Waals surface area contributed by atoms with E-state index in [-0.39, 0.29) is 22.9 Å². The second-order valence-corrected chi connectivity index (χ2v) is 5.60. The fourth-order valence-electron chi connectivity index (χ4n) is 2.18. The SMILES string of the molecule is CCCOc1c(Cl)cc(C(=O)OCC(=O)N2CCNC2=O)cc1OC. The lowest BCUT2D eigenvalue weighted by Gasteiger charge is -2.14. The van der Waals surface area contributed by atoms with Gasteiger partial charge in [-0.25, -0.2) is 9.59 Å². The summed E-state index contributed by atoms with van der Waals surface area (Å²) in [6.45, 7) is 2.49. The number of amides is 3. The van der Waals surface area contributed by atoms with Crippen molar-refractivity contribution in [2.45, 2.75) is 13.3 Å². The number of hydrogen-bond donors (Lipinski definition) is 1. The largest absolute Gasteiger partial charge is 0.493 e. The van der Waals surface area contributed by atoms with Crippen LogP contribution in [0.15, 0.2) is 12.1 Å². The molecule has 1 aromatic carbocycles. The van der Waals surface area contributed by atoms with Crippen LogP contribution in [-0.4, -0.2) is 56.2 Å². The first kappa shape index (κ1) is 18.9. The minimum absolute atomic E-state index is 0.115. The summed E-state index contributed by atoms with van der Waals surface area (Å²) < 4.78 is 15.7. The van der Waals surface area contributed by atoms with Crippen molar-refractivity contribution in [1.29, 1.82) is 0 Å². The summed E-state index contributed by atoms with van der Waals surface area (Å²) in [5, 5.41) is 2.69. The van der Waals surface area contributed by atoms with Gasteiger partial charge in [0.15, 0.2) is 18.1 Å². The van der Waals surface area contributed by atoms with E-state index in [0.29, 0.717) is 18.9 Å². The molecule has 0 saturated carbocycles. The lowest BCUT2D eigenvalue weighted by Crippen LogP contribution is -2.37. The van der Waals surface area contributed by atoms with Crippen molar-refractivity contribution in [3.8, 4) is 11.5 Å². The molecular formula is C16H19ClN2O6. The number of nitrogens with zero attached hydrogens (tertiary/aromatic N) is 1. The van der Waals surface area contributed by atoms with Crippen molar-refractivity contribution >= 4 is 29.5 Å². The molecular weight excluding hydrogens is 352 g/mol. The first-order chi connectivity index (χ1) is 12.0. The first-order valence-corrected chi connectivity index (χ1v) is 8.11. The van der Waals surface area contributed by atoms with Gasteiger partial charge in [0.2, 0.25) is 0 Å². The van der Waals surface area contributed by atoms with Crippen molar-refractivity contribution < 1.29 is 28.6 Å². The van der Waals surface area contributed by atoms with Crippen LogP contribution < -0.4 is 14.8 Å². The van der Waals surface area contributed by atoms with Gasteiger partial charge in [0.25, 0.3) is 5.91 Å². The van der Waals surface area contributed by atoms with Gasteiger partial charge in [-0.2, -0.15) is 0 Å². The number of benzene rings is 1.